The first-order valence-electron chi connectivity index (χ1n) is 5.05. The Morgan fingerprint density at radius 1 is 1.24 bits per heavy atom. The minimum atomic E-state index is -0.372. The lowest BCUT2D eigenvalue weighted by molar-refractivity contribution is 0.0991. The number of nitrogens with zero attached hydrogens (tertiary/aromatic N) is 1. The third-order valence-electron chi connectivity index (χ3n) is 2.36. The van der Waals surface area contributed by atoms with E-state index in [9.17, 15) is 9.18 Å². The maximum Gasteiger partial charge on any atom is 0.168 e. The molecule has 1 aromatic heterocycles. The molecule has 0 aliphatic rings. The van der Waals surface area contributed by atoms with Crippen LogP contribution in [-0.4, -0.2) is 10.8 Å². The molecular weight excluding hydrogens is 241 g/mol. The Kier molecular flexibility index (Phi) is 3.49. The smallest absolute Gasteiger partial charge is 0.168 e. The fourth-order valence-corrected chi connectivity index (χ4v) is 1.57. The van der Waals surface area contributed by atoms with Crippen LogP contribution >= 0.6 is 11.6 Å². The summed E-state index contributed by atoms with van der Waals surface area (Å²) in [5.41, 5.74) is 0.810. The molecule has 4 heteroatoms. The number of Topliss-reactive ketones (excluding diaryl/α,β-unsaturated/α-hetero) is 1. The molecule has 2 aromatic rings. The van der Waals surface area contributed by atoms with Crippen molar-refractivity contribution in [2.45, 2.75) is 6.42 Å². The van der Waals surface area contributed by atoms with Crippen molar-refractivity contribution < 1.29 is 9.18 Å². The Balaban J connectivity index is 2.17. The molecule has 0 fully saturated rings. The summed E-state index contributed by atoms with van der Waals surface area (Å²) in [6.45, 7) is 0. The number of benzene rings is 1. The molecule has 1 aromatic carbocycles. The fraction of sp³-hybridized carbons (Fsp3) is 0.0769. The van der Waals surface area contributed by atoms with E-state index in [0.29, 0.717) is 16.3 Å². The van der Waals surface area contributed by atoms with Gasteiger partial charge in [-0.1, -0.05) is 29.8 Å². The molecule has 0 atom stereocenters. The number of ketones is 1. The maximum absolute atomic E-state index is 13.3. The van der Waals surface area contributed by atoms with Crippen LogP contribution in [0.2, 0.25) is 5.15 Å². The van der Waals surface area contributed by atoms with Crippen LogP contribution in [0.1, 0.15) is 15.9 Å². The van der Waals surface area contributed by atoms with E-state index in [1.807, 2.05) is 0 Å². The Hall–Kier alpha value is -1.74. The molecule has 0 radical (unpaired) electrons. The zero-order valence-corrected chi connectivity index (χ0v) is 9.62. The SMILES string of the molecule is O=C(Cc1ccccc1F)c1ccc(Cl)nc1. The molecule has 0 aliphatic heterocycles. The van der Waals surface area contributed by atoms with Gasteiger partial charge in [0.25, 0.3) is 0 Å². The van der Waals surface area contributed by atoms with E-state index in [1.165, 1.54) is 18.3 Å². The Morgan fingerprint density at radius 2 is 2.00 bits per heavy atom. The Morgan fingerprint density at radius 3 is 2.65 bits per heavy atom. The number of aromatic nitrogens is 1. The lowest BCUT2D eigenvalue weighted by atomic mass is 10.0. The molecule has 17 heavy (non-hydrogen) atoms. The van der Waals surface area contributed by atoms with Crippen LogP contribution in [0.3, 0.4) is 0 Å². The summed E-state index contributed by atoms with van der Waals surface area (Å²) in [7, 11) is 0. The number of carbonyl (C=O) groups excluding carboxylic acids is 1. The molecule has 0 unspecified atom stereocenters. The molecule has 2 rings (SSSR count). The first kappa shape index (κ1) is 11.7. The third kappa shape index (κ3) is 2.88. The van der Waals surface area contributed by atoms with Crippen molar-refractivity contribution in [2.75, 3.05) is 0 Å². The summed E-state index contributed by atoms with van der Waals surface area (Å²) >= 11 is 5.62. The summed E-state index contributed by atoms with van der Waals surface area (Å²) < 4.78 is 13.3. The van der Waals surface area contributed by atoms with Crippen LogP contribution < -0.4 is 0 Å². The van der Waals surface area contributed by atoms with Crippen molar-refractivity contribution in [3.63, 3.8) is 0 Å². The van der Waals surface area contributed by atoms with Gasteiger partial charge in [0.1, 0.15) is 11.0 Å². The highest BCUT2D eigenvalue weighted by atomic mass is 35.5. The number of carbonyl (C=O) groups is 1. The molecule has 86 valence electrons. The Bertz CT molecular complexity index is 539. The summed E-state index contributed by atoms with van der Waals surface area (Å²) in [6.07, 6.45) is 1.42. The number of pyridine rings is 1. The van der Waals surface area contributed by atoms with Crippen molar-refractivity contribution >= 4 is 17.4 Å². The van der Waals surface area contributed by atoms with Gasteiger partial charge < -0.3 is 0 Å². The van der Waals surface area contributed by atoms with E-state index in [1.54, 1.807) is 24.3 Å². The van der Waals surface area contributed by atoms with Gasteiger partial charge in [0.05, 0.1) is 0 Å². The highest BCUT2D eigenvalue weighted by molar-refractivity contribution is 6.29. The number of halogens is 2. The van der Waals surface area contributed by atoms with Crippen molar-refractivity contribution in [3.8, 4) is 0 Å². The molecule has 0 amide bonds. The van der Waals surface area contributed by atoms with Crippen LogP contribution in [0.15, 0.2) is 42.6 Å². The quantitative estimate of drug-likeness (QED) is 0.617. The fourth-order valence-electron chi connectivity index (χ4n) is 1.46. The predicted molar refractivity (Wildman–Crippen MR) is 63.7 cm³/mol. The predicted octanol–water partition coefficient (Wildman–Crippen LogP) is 3.30. The molecule has 0 N–H and O–H groups in total. The van der Waals surface area contributed by atoms with Crippen LogP contribution in [0.5, 0.6) is 0 Å². The highest BCUT2D eigenvalue weighted by Crippen LogP contribution is 2.12. The van der Waals surface area contributed by atoms with E-state index in [2.05, 4.69) is 4.98 Å². The molecule has 0 aliphatic carbocycles. The van der Waals surface area contributed by atoms with E-state index < -0.39 is 0 Å². The first-order valence-corrected chi connectivity index (χ1v) is 5.43. The lowest BCUT2D eigenvalue weighted by Crippen LogP contribution is -2.05. The maximum atomic E-state index is 13.3. The zero-order chi connectivity index (χ0) is 12.3. The summed E-state index contributed by atoms with van der Waals surface area (Å²) in [4.78, 5) is 15.6. The van der Waals surface area contributed by atoms with Gasteiger partial charge in [-0.2, -0.15) is 0 Å². The summed E-state index contributed by atoms with van der Waals surface area (Å²) in [5.74, 6) is -0.554. The van der Waals surface area contributed by atoms with Crippen molar-refractivity contribution in [3.05, 3.63) is 64.7 Å². The van der Waals surface area contributed by atoms with Crippen LogP contribution in [-0.2, 0) is 6.42 Å². The van der Waals surface area contributed by atoms with Crippen molar-refractivity contribution in [2.24, 2.45) is 0 Å². The van der Waals surface area contributed by atoms with E-state index in [4.69, 9.17) is 11.6 Å². The van der Waals surface area contributed by atoms with Crippen LogP contribution in [0, 0.1) is 5.82 Å². The molecule has 0 saturated carbocycles. The van der Waals surface area contributed by atoms with E-state index in [-0.39, 0.29) is 18.0 Å². The molecule has 0 spiro atoms. The van der Waals surface area contributed by atoms with Gasteiger partial charge in [-0.25, -0.2) is 9.37 Å². The van der Waals surface area contributed by atoms with Gasteiger partial charge in [0.15, 0.2) is 5.78 Å². The number of hydrogen-bond donors (Lipinski definition) is 0. The molecule has 0 bridgehead atoms. The van der Waals surface area contributed by atoms with E-state index >= 15 is 0 Å². The van der Waals surface area contributed by atoms with Crippen molar-refractivity contribution in [1.29, 1.82) is 0 Å². The van der Waals surface area contributed by atoms with Crippen LogP contribution in [0.4, 0.5) is 4.39 Å². The normalized spacial score (nSPS) is 10.2. The monoisotopic (exact) mass is 249 g/mol. The van der Waals surface area contributed by atoms with Crippen molar-refractivity contribution in [1.82, 2.24) is 4.98 Å². The minimum absolute atomic E-state index is 0.0238. The number of hydrogen-bond acceptors (Lipinski definition) is 2. The average molecular weight is 250 g/mol. The summed E-state index contributed by atoms with van der Waals surface area (Å²) in [5, 5.41) is 0.326. The summed E-state index contributed by atoms with van der Waals surface area (Å²) in [6, 6.07) is 9.34. The molecule has 0 saturated heterocycles. The largest absolute Gasteiger partial charge is 0.294 e. The molecule has 2 nitrogen and oxygen atoms in total. The Labute approximate surface area is 103 Å². The zero-order valence-electron chi connectivity index (χ0n) is 8.86. The number of rotatable bonds is 3. The van der Waals surface area contributed by atoms with Gasteiger partial charge in [-0.05, 0) is 23.8 Å². The minimum Gasteiger partial charge on any atom is -0.294 e. The lowest BCUT2D eigenvalue weighted by Gasteiger charge is -2.02. The molecule has 1 heterocycles. The van der Waals surface area contributed by atoms with Gasteiger partial charge in [-0.15, -0.1) is 0 Å². The second-order valence-corrected chi connectivity index (χ2v) is 3.95. The standard InChI is InChI=1S/C13H9ClFNO/c14-13-6-5-10(8-16-13)12(17)7-9-3-1-2-4-11(9)15/h1-6,8H,7H2. The third-order valence-corrected chi connectivity index (χ3v) is 2.58. The van der Waals surface area contributed by atoms with Gasteiger partial charge >= 0.3 is 0 Å². The highest BCUT2D eigenvalue weighted by Gasteiger charge is 2.10. The van der Waals surface area contributed by atoms with Gasteiger partial charge in [0, 0.05) is 18.2 Å². The second-order valence-electron chi connectivity index (χ2n) is 3.56. The first-order chi connectivity index (χ1) is 8.16. The van der Waals surface area contributed by atoms with E-state index in [0.717, 1.165) is 0 Å². The van der Waals surface area contributed by atoms with Gasteiger partial charge in [-0.3, -0.25) is 4.79 Å². The average Bonchev–Trinajstić information content (AvgIpc) is 2.33. The van der Waals surface area contributed by atoms with Crippen LogP contribution in [0.25, 0.3) is 0 Å². The second kappa shape index (κ2) is 5.06. The topological polar surface area (TPSA) is 30.0 Å². The van der Waals surface area contributed by atoms with Gasteiger partial charge in [0.2, 0.25) is 0 Å². The molecular formula is C13H9ClFNO.